The van der Waals surface area contributed by atoms with E-state index in [9.17, 15) is 4.79 Å². The Bertz CT molecular complexity index is 326. The van der Waals surface area contributed by atoms with E-state index in [0.717, 1.165) is 11.3 Å². The van der Waals surface area contributed by atoms with Gasteiger partial charge in [-0.05, 0) is 25.0 Å². The van der Waals surface area contributed by atoms with Crippen LogP contribution in [0, 0.1) is 6.92 Å². The average molecular weight is 194 g/mol. The van der Waals surface area contributed by atoms with E-state index in [1.54, 1.807) is 6.20 Å². The highest BCUT2D eigenvalue weighted by molar-refractivity contribution is 5.66. The minimum atomic E-state index is -0.825. The van der Waals surface area contributed by atoms with Crippen molar-refractivity contribution in [3.63, 3.8) is 0 Å². The SMILES string of the molecule is Cc1cccnc1C(N)CCC(=O)O. The van der Waals surface area contributed by atoms with Gasteiger partial charge < -0.3 is 10.8 Å². The number of carboxylic acid groups (broad SMARTS) is 1. The Morgan fingerprint density at radius 2 is 2.43 bits per heavy atom. The molecule has 0 fully saturated rings. The van der Waals surface area contributed by atoms with E-state index in [4.69, 9.17) is 10.8 Å². The van der Waals surface area contributed by atoms with Crippen molar-refractivity contribution in [2.45, 2.75) is 25.8 Å². The predicted molar refractivity (Wildman–Crippen MR) is 52.8 cm³/mol. The molecule has 4 heteroatoms. The molecular formula is C10H14N2O2. The van der Waals surface area contributed by atoms with Crippen LogP contribution in [0.5, 0.6) is 0 Å². The van der Waals surface area contributed by atoms with Gasteiger partial charge in [0.25, 0.3) is 0 Å². The molecule has 14 heavy (non-hydrogen) atoms. The van der Waals surface area contributed by atoms with E-state index in [2.05, 4.69) is 4.98 Å². The number of nitrogens with zero attached hydrogens (tertiary/aromatic N) is 1. The Morgan fingerprint density at radius 3 is 3.00 bits per heavy atom. The Hall–Kier alpha value is -1.42. The number of carboxylic acids is 1. The first-order chi connectivity index (χ1) is 6.61. The minimum absolute atomic E-state index is 0.0805. The topological polar surface area (TPSA) is 76.2 Å². The molecule has 76 valence electrons. The van der Waals surface area contributed by atoms with Crippen molar-refractivity contribution >= 4 is 5.97 Å². The van der Waals surface area contributed by atoms with Crippen molar-refractivity contribution in [3.05, 3.63) is 29.6 Å². The molecule has 4 nitrogen and oxygen atoms in total. The van der Waals surface area contributed by atoms with Crippen LogP contribution in [0.2, 0.25) is 0 Å². The smallest absolute Gasteiger partial charge is 0.303 e. The Labute approximate surface area is 82.8 Å². The lowest BCUT2D eigenvalue weighted by Gasteiger charge is -2.11. The van der Waals surface area contributed by atoms with Gasteiger partial charge in [0.15, 0.2) is 0 Å². The van der Waals surface area contributed by atoms with Gasteiger partial charge in [-0.2, -0.15) is 0 Å². The molecule has 0 spiro atoms. The second-order valence-corrected chi connectivity index (χ2v) is 3.24. The fourth-order valence-electron chi connectivity index (χ4n) is 1.30. The molecule has 1 heterocycles. The molecule has 0 saturated carbocycles. The minimum Gasteiger partial charge on any atom is -0.481 e. The summed E-state index contributed by atoms with van der Waals surface area (Å²) in [5, 5.41) is 8.50. The van der Waals surface area contributed by atoms with Crippen LogP contribution in [0.25, 0.3) is 0 Å². The van der Waals surface area contributed by atoms with Crippen LogP contribution in [0.4, 0.5) is 0 Å². The zero-order chi connectivity index (χ0) is 10.6. The molecule has 0 aliphatic heterocycles. The van der Waals surface area contributed by atoms with Crippen LogP contribution in [0.1, 0.15) is 30.1 Å². The molecule has 0 aliphatic carbocycles. The van der Waals surface area contributed by atoms with Crippen LogP contribution in [-0.4, -0.2) is 16.1 Å². The van der Waals surface area contributed by atoms with Gasteiger partial charge in [0.05, 0.1) is 5.69 Å². The van der Waals surface area contributed by atoms with Gasteiger partial charge in [-0.15, -0.1) is 0 Å². The molecular weight excluding hydrogens is 180 g/mol. The molecule has 3 N–H and O–H groups in total. The molecule has 0 aliphatic rings. The first-order valence-electron chi connectivity index (χ1n) is 4.50. The summed E-state index contributed by atoms with van der Waals surface area (Å²) in [6, 6.07) is 3.47. The third-order valence-corrected chi connectivity index (χ3v) is 2.07. The van der Waals surface area contributed by atoms with Crippen LogP contribution >= 0.6 is 0 Å². The highest BCUT2D eigenvalue weighted by Crippen LogP contribution is 2.16. The van der Waals surface area contributed by atoms with Crippen molar-refractivity contribution in [2.75, 3.05) is 0 Å². The maximum absolute atomic E-state index is 10.3. The summed E-state index contributed by atoms with van der Waals surface area (Å²) in [6.45, 7) is 1.92. The zero-order valence-electron chi connectivity index (χ0n) is 8.10. The molecule has 0 radical (unpaired) electrons. The third kappa shape index (κ3) is 2.81. The van der Waals surface area contributed by atoms with E-state index < -0.39 is 5.97 Å². The quantitative estimate of drug-likeness (QED) is 0.756. The lowest BCUT2D eigenvalue weighted by atomic mass is 10.0. The van der Waals surface area contributed by atoms with Gasteiger partial charge in [0.2, 0.25) is 0 Å². The van der Waals surface area contributed by atoms with E-state index in [-0.39, 0.29) is 12.5 Å². The molecule has 0 amide bonds. The largest absolute Gasteiger partial charge is 0.481 e. The summed E-state index contributed by atoms with van der Waals surface area (Å²) in [5.74, 6) is -0.825. The molecule has 0 bridgehead atoms. The van der Waals surface area contributed by atoms with Crippen LogP contribution in [0.15, 0.2) is 18.3 Å². The lowest BCUT2D eigenvalue weighted by molar-refractivity contribution is -0.137. The van der Waals surface area contributed by atoms with Gasteiger partial charge in [-0.3, -0.25) is 9.78 Å². The molecule has 0 aromatic carbocycles. The van der Waals surface area contributed by atoms with Crippen molar-refractivity contribution in [1.29, 1.82) is 0 Å². The number of aliphatic carboxylic acids is 1. The van der Waals surface area contributed by atoms with E-state index in [0.29, 0.717) is 6.42 Å². The summed E-state index contributed by atoms with van der Waals surface area (Å²) in [6.07, 6.45) is 2.17. The van der Waals surface area contributed by atoms with Crippen molar-refractivity contribution < 1.29 is 9.90 Å². The summed E-state index contributed by atoms with van der Waals surface area (Å²) in [5.41, 5.74) is 7.61. The van der Waals surface area contributed by atoms with Gasteiger partial charge in [-0.25, -0.2) is 0 Å². The predicted octanol–water partition coefficient (Wildman–Crippen LogP) is 1.25. The van der Waals surface area contributed by atoms with Crippen LogP contribution in [-0.2, 0) is 4.79 Å². The number of pyridine rings is 1. The van der Waals surface area contributed by atoms with Crippen LogP contribution < -0.4 is 5.73 Å². The molecule has 0 saturated heterocycles. The number of nitrogens with two attached hydrogens (primary N) is 1. The highest BCUT2D eigenvalue weighted by Gasteiger charge is 2.11. The Morgan fingerprint density at radius 1 is 1.71 bits per heavy atom. The number of aromatic nitrogens is 1. The monoisotopic (exact) mass is 194 g/mol. The second kappa shape index (κ2) is 4.72. The molecule has 1 aromatic rings. The fraction of sp³-hybridized carbons (Fsp3) is 0.400. The summed E-state index contributed by atoms with van der Waals surface area (Å²) < 4.78 is 0. The molecule has 1 atom stereocenters. The first kappa shape index (κ1) is 10.7. The summed E-state index contributed by atoms with van der Waals surface area (Å²) in [4.78, 5) is 14.5. The summed E-state index contributed by atoms with van der Waals surface area (Å²) >= 11 is 0. The van der Waals surface area contributed by atoms with Crippen molar-refractivity contribution in [3.8, 4) is 0 Å². The second-order valence-electron chi connectivity index (χ2n) is 3.24. The maximum atomic E-state index is 10.3. The number of hydrogen-bond acceptors (Lipinski definition) is 3. The number of aryl methyl sites for hydroxylation is 1. The van der Waals surface area contributed by atoms with Crippen molar-refractivity contribution in [2.24, 2.45) is 5.73 Å². The van der Waals surface area contributed by atoms with Gasteiger partial charge in [0, 0.05) is 18.7 Å². The zero-order valence-corrected chi connectivity index (χ0v) is 8.10. The fourth-order valence-corrected chi connectivity index (χ4v) is 1.30. The number of rotatable bonds is 4. The summed E-state index contributed by atoms with van der Waals surface area (Å²) in [7, 11) is 0. The molecule has 1 rings (SSSR count). The Balaban J connectivity index is 2.65. The van der Waals surface area contributed by atoms with E-state index in [1.165, 1.54) is 0 Å². The van der Waals surface area contributed by atoms with Gasteiger partial charge in [0.1, 0.15) is 0 Å². The van der Waals surface area contributed by atoms with Gasteiger partial charge >= 0.3 is 5.97 Å². The third-order valence-electron chi connectivity index (χ3n) is 2.07. The normalized spacial score (nSPS) is 12.4. The van der Waals surface area contributed by atoms with E-state index in [1.807, 2.05) is 19.1 Å². The van der Waals surface area contributed by atoms with Crippen LogP contribution in [0.3, 0.4) is 0 Å². The molecule has 1 unspecified atom stereocenters. The average Bonchev–Trinajstić information content (AvgIpc) is 2.15. The van der Waals surface area contributed by atoms with Gasteiger partial charge in [-0.1, -0.05) is 6.07 Å². The Kier molecular flexibility index (Phi) is 3.59. The van der Waals surface area contributed by atoms with E-state index >= 15 is 0 Å². The van der Waals surface area contributed by atoms with Crippen molar-refractivity contribution in [1.82, 2.24) is 4.98 Å². The maximum Gasteiger partial charge on any atom is 0.303 e. The number of carbonyl (C=O) groups is 1. The molecule has 1 aromatic heterocycles. The number of hydrogen-bond donors (Lipinski definition) is 2. The highest BCUT2D eigenvalue weighted by atomic mass is 16.4. The first-order valence-corrected chi connectivity index (χ1v) is 4.50. The standard InChI is InChI=1S/C10H14N2O2/c1-7-3-2-6-12-10(7)8(11)4-5-9(13)14/h2-3,6,8H,4-5,11H2,1H3,(H,13,14). The lowest BCUT2D eigenvalue weighted by Crippen LogP contribution is -2.15.